The molecule has 1 atom stereocenters. The molecule has 0 saturated heterocycles. The standard InChI is InChI=1S/C17H21BrFNO/c1-2-3-12-6-8-17(11-20,9-7-12)16(21)13-4-5-15(19)14(18)10-13/h4-5,10,12,16,21H,2-3,6-9H2,1H3. The minimum absolute atomic E-state index is 0.326. The van der Waals surface area contributed by atoms with Gasteiger partial charge in [-0.05, 0) is 65.2 Å². The monoisotopic (exact) mass is 353 g/mol. The second-order valence-electron chi connectivity index (χ2n) is 6.08. The lowest BCUT2D eigenvalue weighted by Crippen LogP contribution is -2.32. The van der Waals surface area contributed by atoms with Crippen molar-refractivity contribution in [3.8, 4) is 6.07 Å². The first-order valence-corrected chi connectivity index (χ1v) is 8.36. The first-order chi connectivity index (χ1) is 10.0. The van der Waals surface area contributed by atoms with Crippen molar-refractivity contribution in [1.82, 2.24) is 0 Å². The highest BCUT2D eigenvalue weighted by atomic mass is 79.9. The Morgan fingerprint density at radius 3 is 2.67 bits per heavy atom. The lowest BCUT2D eigenvalue weighted by atomic mass is 9.66. The van der Waals surface area contributed by atoms with Crippen molar-refractivity contribution < 1.29 is 9.50 Å². The van der Waals surface area contributed by atoms with Gasteiger partial charge in [-0.3, -0.25) is 0 Å². The molecular formula is C17H21BrFNO. The maximum Gasteiger partial charge on any atom is 0.137 e. The van der Waals surface area contributed by atoms with Gasteiger partial charge in [0.2, 0.25) is 0 Å². The fourth-order valence-corrected chi connectivity index (χ4v) is 3.73. The molecule has 1 aromatic rings. The number of aliphatic hydroxyl groups excluding tert-OH is 1. The van der Waals surface area contributed by atoms with Crippen molar-refractivity contribution >= 4 is 15.9 Å². The molecule has 1 aliphatic rings. The molecule has 2 rings (SSSR count). The predicted octanol–water partition coefficient (Wildman–Crippen LogP) is 5.12. The number of nitriles is 1. The average Bonchev–Trinajstić information content (AvgIpc) is 2.51. The summed E-state index contributed by atoms with van der Waals surface area (Å²) in [4.78, 5) is 0. The molecule has 1 N–H and O–H groups in total. The van der Waals surface area contributed by atoms with Crippen LogP contribution in [0.25, 0.3) is 0 Å². The molecule has 1 unspecified atom stereocenters. The number of rotatable bonds is 4. The van der Waals surface area contributed by atoms with Gasteiger partial charge < -0.3 is 5.11 Å². The van der Waals surface area contributed by atoms with Crippen molar-refractivity contribution in [3.05, 3.63) is 34.1 Å². The van der Waals surface area contributed by atoms with E-state index in [-0.39, 0.29) is 5.82 Å². The molecule has 2 nitrogen and oxygen atoms in total. The maximum atomic E-state index is 13.3. The molecule has 1 fully saturated rings. The molecular weight excluding hydrogens is 333 g/mol. The van der Waals surface area contributed by atoms with Crippen LogP contribution in [-0.2, 0) is 0 Å². The van der Waals surface area contributed by atoms with E-state index in [9.17, 15) is 14.8 Å². The average molecular weight is 354 g/mol. The topological polar surface area (TPSA) is 44.0 Å². The van der Waals surface area contributed by atoms with E-state index in [4.69, 9.17) is 0 Å². The zero-order valence-corrected chi connectivity index (χ0v) is 13.9. The minimum Gasteiger partial charge on any atom is -0.387 e. The predicted molar refractivity (Wildman–Crippen MR) is 84.0 cm³/mol. The summed E-state index contributed by atoms with van der Waals surface area (Å²) in [5, 5.41) is 20.3. The van der Waals surface area contributed by atoms with Gasteiger partial charge in [0.15, 0.2) is 0 Å². The number of halogens is 2. The van der Waals surface area contributed by atoms with Crippen molar-refractivity contribution in [2.75, 3.05) is 0 Å². The zero-order chi connectivity index (χ0) is 15.5. The molecule has 21 heavy (non-hydrogen) atoms. The number of aliphatic hydroxyl groups is 1. The third-order valence-electron chi connectivity index (χ3n) is 4.70. The van der Waals surface area contributed by atoms with E-state index in [0.717, 1.165) is 19.3 Å². The minimum atomic E-state index is -0.859. The Hall–Kier alpha value is -0.920. The second kappa shape index (κ2) is 6.89. The van der Waals surface area contributed by atoms with Gasteiger partial charge in [0, 0.05) is 0 Å². The summed E-state index contributed by atoms with van der Waals surface area (Å²) in [6.07, 6.45) is 4.90. The first-order valence-electron chi connectivity index (χ1n) is 7.56. The van der Waals surface area contributed by atoms with Crippen LogP contribution in [0.1, 0.15) is 57.1 Å². The summed E-state index contributed by atoms with van der Waals surface area (Å²) in [6.45, 7) is 2.18. The van der Waals surface area contributed by atoms with E-state index in [1.54, 1.807) is 12.1 Å². The Labute approximate surface area is 134 Å². The molecule has 0 aliphatic heterocycles. The van der Waals surface area contributed by atoms with Gasteiger partial charge >= 0.3 is 0 Å². The molecule has 0 heterocycles. The Balaban J connectivity index is 2.17. The molecule has 1 saturated carbocycles. The molecule has 0 spiro atoms. The smallest absolute Gasteiger partial charge is 0.137 e. The van der Waals surface area contributed by atoms with Crippen LogP contribution in [0.2, 0.25) is 0 Å². The van der Waals surface area contributed by atoms with Crippen LogP contribution in [0.5, 0.6) is 0 Å². The molecule has 0 aromatic heterocycles. The highest BCUT2D eigenvalue weighted by Gasteiger charge is 2.42. The second-order valence-corrected chi connectivity index (χ2v) is 6.93. The van der Waals surface area contributed by atoms with Crippen LogP contribution in [-0.4, -0.2) is 5.11 Å². The summed E-state index contributed by atoms with van der Waals surface area (Å²) < 4.78 is 13.6. The Morgan fingerprint density at radius 2 is 2.14 bits per heavy atom. The largest absolute Gasteiger partial charge is 0.387 e. The molecule has 1 aliphatic carbocycles. The van der Waals surface area contributed by atoms with Crippen LogP contribution in [0.3, 0.4) is 0 Å². The van der Waals surface area contributed by atoms with Crippen molar-refractivity contribution in [3.63, 3.8) is 0 Å². The Bertz CT molecular complexity index is 532. The SMILES string of the molecule is CCCC1CCC(C#N)(C(O)c2ccc(F)c(Br)c2)CC1. The van der Waals surface area contributed by atoms with Gasteiger partial charge in [-0.1, -0.05) is 25.8 Å². The lowest BCUT2D eigenvalue weighted by molar-refractivity contribution is 0.0236. The Morgan fingerprint density at radius 1 is 1.48 bits per heavy atom. The van der Waals surface area contributed by atoms with Crippen LogP contribution in [0.15, 0.2) is 22.7 Å². The maximum absolute atomic E-state index is 13.3. The van der Waals surface area contributed by atoms with Gasteiger partial charge in [0.25, 0.3) is 0 Å². The fourth-order valence-electron chi connectivity index (χ4n) is 3.34. The van der Waals surface area contributed by atoms with E-state index < -0.39 is 11.5 Å². The molecule has 0 radical (unpaired) electrons. The number of nitrogens with zero attached hydrogens (tertiary/aromatic N) is 1. The van der Waals surface area contributed by atoms with Crippen LogP contribution in [0.4, 0.5) is 4.39 Å². The molecule has 114 valence electrons. The summed E-state index contributed by atoms with van der Waals surface area (Å²) in [5.41, 5.74) is -0.125. The number of hydrogen-bond donors (Lipinski definition) is 1. The summed E-state index contributed by atoms with van der Waals surface area (Å²) >= 11 is 3.14. The van der Waals surface area contributed by atoms with Crippen molar-refractivity contribution in [2.45, 2.75) is 51.6 Å². The summed E-state index contributed by atoms with van der Waals surface area (Å²) in [6, 6.07) is 6.84. The van der Waals surface area contributed by atoms with E-state index >= 15 is 0 Å². The normalized spacial score (nSPS) is 27.1. The third kappa shape index (κ3) is 3.46. The van der Waals surface area contributed by atoms with Gasteiger partial charge in [-0.2, -0.15) is 5.26 Å². The van der Waals surface area contributed by atoms with Gasteiger partial charge in [-0.15, -0.1) is 0 Å². The summed E-state index contributed by atoms with van der Waals surface area (Å²) in [7, 11) is 0. The van der Waals surface area contributed by atoms with Crippen LogP contribution in [0, 0.1) is 28.5 Å². The fraction of sp³-hybridized carbons (Fsp3) is 0.588. The van der Waals surface area contributed by atoms with Crippen molar-refractivity contribution in [1.29, 1.82) is 5.26 Å². The van der Waals surface area contributed by atoms with Gasteiger partial charge in [0.1, 0.15) is 5.82 Å². The molecule has 4 heteroatoms. The van der Waals surface area contributed by atoms with Crippen molar-refractivity contribution in [2.24, 2.45) is 11.3 Å². The third-order valence-corrected chi connectivity index (χ3v) is 5.31. The van der Waals surface area contributed by atoms with Crippen LogP contribution >= 0.6 is 15.9 Å². The van der Waals surface area contributed by atoms with Gasteiger partial charge in [-0.25, -0.2) is 4.39 Å². The first kappa shape index (κ1) is 16.5. The summed E-state index contributed by atoms with van der Waals surface area (Å²) in [5.74, 6) is 0.312. The number of hydrogen-bond acceptors (Lipinski definition) is 2. The molecule has 0 amide bonds. The molecule has 0 bridgehead atoms. The molecule has 1 aromatic carbocycles. The van der Waals surface area contributed by atoms with E-state index in [2.05, 4.69) is 28.9 Å². The quantitative estimate of drug-likeness (QED) is 0.815. The van der Waals surface area contributed by atoms with Crippen LogP contribution < -0.4 is 0 Å². The van der Waals surface area contributed by atoms with E-state index in [1.165, 1.54) is 12.5 Å². The van der Waals surface area contributed by atoms with E-state index in [1.807, 2.05) is 0 Å². The number of benzene rings is 1. The van der Waals surface area contributed by atoms with Gasteiger partial charge in [0.05, 0.1) is 22.1 Å². The highest BCUT2D eigenvalue weighted by molar-refractivity contribution is 9.10. The Kier molecular flexibility index (Phi) is 5.40. The highest BCUT2D eigenvalue weighted by Crippen LogP contribution is 2.48. The van der Waals surface area contributed by atoms with E-state index in [0.29, 0.717) is 28.8 Å². The lowest BCUT2D eigenvalue weighted by Gasteiger charge is -2.38. The zero-order valence-electron chi connectivity index (χ0n) is 12.3.